The van der Waals surface area contributed by atoms with Crippen molar-refractivity contribution < 1.29 is 28.2 Å². The molecule has 21 heavy (non-hydrogen) atoms. The summed E-state index contributed by atoms with van der Waals surface area (Å²) in [7, 11) is -3.74. The number of sulfonamides is 1. The first-order chi connectivity index (χ1) is 9.72. The number of carbonyl (C=O) groups excluding carboxylic acids is 1. The van der Waals surface area contributed by atoms with E-state index in [0.717, 1.165) is 0 Å². The van der Waals surface area contributed by atoms with E-state index in [9.17, 15) is 18.0 Å². The maximum absolute atomic E-state index is 11.8. The number of benzene rings is 1. The van der Waals surface area contributed by atoms with E-state index in [2.05, 4.69) is 4.72 Å². The molecule has 0 aliphatic heterocycles. The summed E-state index contributed by atoms with van der Waals surface area (Å²) in [5, 5.41) is 17.6. The Kier molecular flexibility index (Phi) is 6.01. The van der Waals surface area contributed by atoms with Gasteiger partial charge in [-0.1, -0.05) is 12.1 Å². The fraction of sp³-hybridized carbons (Fsp3) is 0.385. The van der Waals surface area contributed by atoms with Crippen LogP contribution in [0.4, 0.5) is 0 Å². The van der Waals surface area contributed by atoms with Gasteiger partial charge in [-0.3, -0.25) is 9.59 Å². The van der Waals surface area contributed by atoms with Crippen LogP contribution in [0.1, 0.15) is 30.1 Å². The van der Waals surface area contributed by atoms with Gasteiger partial charge in [-0.05, 0) is 19.1 Å². The van der Waals surface area contributed by atoms with E-state index in [1.54, 1.807) is 0 Å². The van der Waals surface area contributed by atoms with Crippen LogP contribution >= 0.6 is 0 Å². The minimum Gasteiger partial charge on any atom is -0.481 e. The first kappa shape index (κ1) is 17.3. The second-order valence-corrected chi connectivity index (χ2v) is 6.31. The lowest BCUT2D eigenvalue weighted by molar-refractivity contribution is -0.136. The molecule has 0 aromatic heterocycles. The van der Waals surface area contributed by atoms with Crippen molar-refractivity contribution in [1.29, 1.82) is 0 Å². The maximum Gasteiger partial charge on any atom is 0.303 e. The number of aliphatic hydroxyl groups excluding tert-OH is 1. The van der Waals surface area contributed by atoms with Crippen LogP contribution in [-0.4, -0.2) is 43.0 Å². The molecular weight excluding hydrogens is 298 g/mol. The Labute approximate surface area is 122 Å². The van der Waals surface area contributed by atoms with E-state index in [-0.39, 0.29) is 35.6 Å². The Morgan fingerprint density at radius 3 is 2.24 bits per heavy atom. The van der Waals surface area contributed by atoms with Gasteiger partial charge in [0.2, 0.25) is 10.0 Å². The average Bonchev–Trinajstić information content (AvgIpc) is 2.43. The Bertz CT molecular complexity index is 606. The predicted octanol–water partition coefficient (Wildman–Crippen LogP) is 0.393. The van der Waals surface area contributed by atoms with Gasteiger partial charge in [-0.25, -0.2) is 13.1 Å². The molecule has 7 nitrogen and oxygen atoms in total. The van der Waals surface area contributed by atoms with Crippen molar-refractivity contribution in [2.75, 3.05) is 6.54 Å². The number of aliphatic carboxylic acids is 1. The average molecular weight is 315 g/mol. The Morgan fingerprint density at radius 2 is 1.76 bits per heavy atom. The molecule has 0 spiro atoms. The van der Waals surface area contributed by atoms with Crippen molar-refractivity contribution in [2.24, 2.45) is 0 Å². The zero-order chi connectivity index (χ0) is 16.0. The molecule has 3 N–H and O–H groups in total. The molecule has 0 heterocycles. The third-order valence-corrected chi connectivity index (χ3v) is 4.06. The van der Waals surface area contributed by atoms with Crippen LogP contribution in [0, 0.1) is 0 Å². The summed E-state index contributed by atoms with van der Waals surface area (Å²) in [4.78, 5) is 22.0. The lowest BCUT2D eigenvalue weighted by atomic mass is 10.1. The second kappa shape index (κ2) is 7.30. The number of aliphatic hydroxyl groups is 1. The molecule has 0 fully saturated rings. The van der Waals surface area contributed by atoms with Crippen LogP contribution in [0.15, 0.2) is 29.2 Å². The summed E-state index contributed by atoms with van der Waals surface area (Å²) in [6.45, 7) is 1.34. The fourth-order valence-corrected chi connectivity index (χ4v) is 2.62. The van der Waals surface area contributed by atoms with Gasteiger partial charge in [0.25, 0.3) is 0 Å². The number of rotatable bonds is 8. The smallest absolute Gasteiger partial charge is 0.303 e. The molecule has 1 aromatic rings. The molecule has 1 aromatic carbocycles. The monoisotopic (exact) mass is 315 g/mol. The number of carboxylic acid groups (broad SMARTS) is 1. The number of Topliss-reactive ketones (excluding diaryl/α,β-unsaturated/α-hetero) is 1. The first-order valence-corrected chi connectivity index (χ1v) is 7.73. The summed E-state index contributed by atoms with van der Waals surface area (Å²) in [5.41, 5.74) is 0.255. The van der Waals surface area contributed by atoms with Gasteiger partial charge in [0.15, 0.2) is 5.78 Å². The second-order valence-electron chi connectivity index (χ2n) is 4.54. The quantitative estimate of drug-likeness (QED) is 0.597. The van der Waals surface area contributed by atoms with E-state index in [1.807, 2.05) is 0 Å². The van der Waals surface area contributed by atoms with E-state index in [1.165, 1.54) is 31.2 Å². The Balaban J connectivity index is 2.77. The molecule has 0 saturated carbocycles. The molecule has 116 valence electrons. The van der Waals surface area contributed by atoms with Crippen molar-refractivity contribution in [3.8, 4) is 0 Å². The lowest BCUT2D eigenvalue weighted by Crippen LogP contribution is -2.30. The van der Waals surface area contributed by atoms with Crippen molar-refractivity contribution in [3.05, 3.63) is 29.8 Å². The van der Waals surface area contributed by atoms with E-state index in [0.29, 0.717) is 0 Å². The van der Waals surface area contributed by atoms with E-state index >= 15 is 0 Å². The van der Waals surface area contributed by atoms with Gasteiger partial charge in [0.1, 0.15) is 0 Å². The van der Waals surface area contributed by atoms with Gasteiger partial charge < -0.3 is 10.2 Å². The fourth-order valence-electron chi connectivity index (χ4n) is 1.50. The number of ketones is 1. The molecular formula is C13H17NO6S. The number of nitrogens with one attached hydrogen (secondary N) is 1. The van der Waals surface area contributed by atoms with Crippen molar-refractivity contribution in [2.45, 2.75) is 30.8 Å². The van der Waals surface area contributed by atoms with E-state index in [4.69, 9.17) is 10.2 Å². The summed E-state index contributed by atoms with van der Waals surface area (Å²) < 4.78 is 25.9. The van der Waals surface area contributed by atoms with Gasteiger partial charge in [-0.2, -0.15) is 0 Å². The van der Waals surface area contributed by atoms with Gasteiger partial charge in [0.05, 0.1) is 17.4 Å². The Morgan fingerprint density at radius 1 is 1.19 bits per heavy atom. The number of carboxylic acids is 1. The molecule has 0 bridgehead atoms. The molecule has 0 radical (unpaired) electrons. The SMILES string of the molecule is CC(O)CNS(=O)(=O)c1ccc(C(=O)CCC(=O)O)cc1. The highest BCUT2D eigenvalue weighted by Crippen LogP contribution is 2.12. The van der Waals surface area contributed by atoms with Crippen LogP contribution < -0.4 is 4.72 Å². The molecule has 0 saturated heterocycles. The standard InChI is InChI=1S/C13H17NO6S/c1-9(15)8-14-21(19,20)11-4-2-10(3-5-11)12(16)6-7-13(17)18/h2-5,9,14-15H,6-8H2,1H3,(H,17,18). The molecule has 1 rings (SSSR count). The van der Waals surface area contributed by atoms with Crippen molar-refractivity contribution >= 4 is 21.8 Å². The van der Waals surface area contributed by atoms with Gasteiger partial charge >= 0.3 is 5.97 Å². The van der Waals surface area contributed by atoms with Crippen LogP contribution in [0.5, 0.6) is 0 Å². The molecule has 1 unspecified atom stereocenters. The highest BCUT2D eigenvalue weighted by atomic mass is 32.2. The normalized spacial score (nSPS) is 12.9. The van der Waals surface area contributed by atoms with E-state index < -0.39 is 22.1 Å². The van der Waals surface area contributed by atoms with Gasteiger partial charge in [0, 0.05) is 18.5 Å². The maximum atomic E-state index is 11.8. The lowest BCUT2D eigenvalue weighted by Gasteiger charge is -2.08. The molecule has 0 aliphatic carbocycles. The number of hydrogen-bond donors (Lipinski definition) is 3. The molecule has 8 heteroatoms. The minimum atomic E-state index is -3.74. The zero-order valence-corrected chi connectivity index (χ0v) is 12.3. The van der Waals surface area contributed by atoms with Crippen LogP contribution in [0.2, 0.25) is 0 Å². The zero-order valence-electron chi connectivity index (χ0n) is 11.4. The predicted molar refractivity (Wildman–Crippen MR) is 74.5 cm³/mol. The molecule has 0 amide bonds. The third kappa shape index (κ3) is 5.62. The summed E-state index contributed by atoms with van der Waals surface area (Å²) in [6.07, 6.45) is -1.21. The highest BCUT2D eigenvalue weighted by molar-refractivity contribution is 7.89. The van der Waals surface area contributed by atoms with Crippen LogP contribution in [0.25, 0.3) is 0 Å². The van der Waals surface area contributed by atoms with Gasteiger partial charge in [-0.15, -0.1) is 0 Å². The summed E-state index contributed by atoms with van der Waals surface area (Å²) in [6, 6.07) is 5.19. The first-order valence-electron chi connectivity index (χ1n) is 6.25. The summed E-state index contributed by atoms with van der Waals surface area (Å²) in [5.74, 6) is -1.43. The molecule has 1 atom stereocenters. The third-order valence-electron chi connectivity index (χ3n) is 2.62. The number of carbonyl (C=O) groups is 2. The highest BCUT2D eigenvalue weighted by Gasteiger charge is 2.15. The Hall–Kier alpha value is -1.77. The van der Waals surface area contributed by atoms with Crippen molar-refractivity contribution in [1.82, 2.24) is 4.72 Å². The largest absolute Gasteiger partial charge is 0.481 e. The topological polar surface area (TPSA) is 121 Å². The molecule has 0 aliphatic rings. The number of hydrogen-bond acceptors (Lipinski definition) is 5. The summed E-state index contributed by atoms with van der Waals surface area (Å²) >= 11 is 0. The van der Waals surface area contributed by atoms with Crippen molar-refractivity contribution in [3.63, 3.8) is 0 Å². The van der Waals surface area contributed by atoms with Crippen LogP contribution in [0.3, 0.4) is 0 Å². The van der Waals surface area contributed by atoms with Crippen LogP contribution in [-0.2, 0) is 14.8 Å². The minimum absolute atomic E-state index is 0.0297.